The molecular weight excluding hydrogens is 357 g/mol. The highest BCUT2D eigenvalue weighted by Crippen LogP contribution is 2.19. The molecule has 138 valence electrons. The lowest BCUT2D eigenvalue weighted by molar-refractivity contribution is -0.128. The number of thiophene rings is 1. The van der Waals surface area contributed by atoms with E-state index >= 15 is 0 Å². The standard InChI is InChI=1S/C19H20FNO4S/c1-19(2,3)18(24)21-10-12-8-9-16(26-12)15(22)11-25-17(23)13-6-4-5-7-14(13)20/h4-9H,10-11H2,1-3H3,(H,21,24). The number of carbonyl (C=O) groups excluding carboxylic acids is 3. The van der Waals surface area contributed by atoms with Gasteiger partial charge < -0.3 is 10.1 Å². The number of ketones is 1. The molecule has 2 aromatic rings. The summed E-state index contributed by atoms with van der Waals surface area (Å²) in [5.41, 5.74) is -0.700. The Hall–Kier alpha value is -2.54. The summed E-state index contributed by atoms with van der Waals surface area (Å²) in [6, 6.07) is 8.77. The Bertz CT molecular complexity index is 823. The Morgan fingerprint density at radius 3 is 2.46 bits per heavy atom. The van der Waals surface area contributed by atoms with Crippen LogP contribution in [0.15, 0.2) is 36.4 Å². The minimum absolute atomic E-state index is 0.0856. The van der Waals surface area contributed by atoms with Crippen LogP contribution in [0.5, 0.6) is 0 Å². The molecule has 1 aromatic heterocycles. The van der Waals surface area contributed by atoms with Crippen molar-refractivity contribution in [2.24, 2.45) is 5.41 Å². The van der Waals surface area contributed by atoms with Crippen molar-refractivity contribution in [1.29, 1.82) is 0 Å². The zero-order valence-electron chi connectivity index (χ0n) is 14.8. The zero-order valence-corrected chi connectivity index (χ0v) is 15.6. The summed E-state index contributed by atoms with van der Waals surface area (Å²) in [5.74, 6) is -2.05. The maximum atomic E-state index is 13.5. The van der Waals surface area contributed by atoms with Gasteiger partial charge >= 0.3 is 5.97 Å². The van der Waals surface area contributed by atoms with E-state index in [0.717, 1.165) is 10.9 Å². The number of esters is 1. The maximum absolute atomic E-state index is 13.5. The van der Waals surface area contributed by atoms with Gasteiger partial charge in [0.1, 0.15) is 5.82 Å². The molecular formula is C19H20FNO4S. The average molecular weight is 377 g/mol. The lowest BCUT2D eigenvalue weighted by atomic mass is 9.96. The topological polar surface area (TPSA) is 72.5 Å². The third kappa shape index (κ3) is 5.23. The Morgan fingerprint density at radius 1 is 1.12 bits per heavy atom. The van der Waals surface area contributed by atoms with Crippen LogP contribution in [0.4, 0.5) is 4.39 Å². The van der Waals surface area contributed by atoms with Crippen molar-refractivity contribution in [2.45, 2.75) is 27.3 Å². The van der Waals surface area contributed by atoms with E-state index in [9.17, 15) is 18.8 Å². The van der Waals surface area contributed by atoms with Crippen molar-refractivity contribution in [2.75, 3.05) is 6.61 Å². The van der Waals surface area contributed by atoms with Crippen LogP contribution < -0.4 is 5.32 Å². The molecule has 0 unspecified atom stereocenters. The van der Waals surface area contributed by atoms with E-state index in [2.05, 4.69) is 5.32 Å². The van der Waals surface area contributed by atoms with Gasteiger partial charge in [0, 0.05) is 10.3 Å². The smallest absolute Gasteiger partial charge is 0.341 e. The van der Waals surface area contributed by atoms with Crippen molar-refractivity contribution in [3.63, 3.8) is 0 Å². The quantitative estimate of drug-likeness (QED) is 0.617. The van der Waals surface area contributed by atoms with Gasteiger partial charge in [-0.05, 0) is 24.3 Å². The van der Waals surface area contributed by atoms with Crippen molar-refractivity contribution in [1.82, 2.24) is 5.32 Å². The monoisotopic (exact) mass is 377 g/mol. The number of carbonyl (C=O) groups is 3. The second-order valence-electron chi connectivity index (χ2n) is 6.68. The second kappa shape index (κ2) is 8.23. The first kappa shape index (κ1) is 19.8. The minimum Gasteiger partial charge on any atom is -0.454 e. The highest BCUT2D eigenvalue weighted by Gasteiger charge is 2.21. The molecule has 2 rings (SSSR count). The lowest BCUT2D eigenvalue weighted by Crippen LogP contribution is -2.34. The Kier molecular flexibility index (Phi) is 6.26. The summed E-state index contributed by atoms with van der Waals surface area (Å²) in [6.07, 6.45) is 0. The molecule has 0 radical (unpaired) electrons. The van der Waals surface area contributed by atoms with Crippen LogP contribution >= 0.6 is 11.3 Å². The number of rotatable bonds is 6. The van der Waals surface area contributed by atoms with Gasteiger partial charge in [-0.15, -0.1) is 11.3 Å². The molecule has 5 nitrogen and oxygen atoms in total. The highest BCUT2D eigenvalue weighted by molar-refractivity contribution is 7.14. The molecule has 0 aliphatic rings. The number of Topliss-reactive ketones (excluding diaryl/α,β-unsaturated/α-hetero) is 1. The number of hydrogen-bond donors (Lipinski definition) is 1. The van der Waals surface area contributed by atoms with Gasteiger partial charge in [0.05, 0.1) is 17.0 Å². The van der Waals surface area contributed by atoms with Gasteiger partial charge in [-0.3, -0.25) is 9.59 Å². The fraction of sp³-hybridized carbons (Fsp3) is 0.316. The average Bonchev–Trinajstić information content (AvgIpc) is 3.05. The fourth-order valence-corrected chi connectivity index (χ4v) is 2.83. The van der Waals surface area contributed by atoms with Gasteiger partial charge in [0.15, 0.2) is 6.61 Å². The summed E-state index contributed by atoms with van der Waals surface area (Å²) >= 11 is 1.21. The van der Waals surface area contributed by atoms with E-state index < -0.39 is 23.8 Å². The summed E-state index contributed by atoms with van der Waals surface area (Å²) in [4.78, 5) is 37.0. The number of nitrogens with one attached hydrogen (secondary N) is 1. The fourth-order valence-electron chi connectivity index (χ4n) is 1.96. The highest BCUT2D eigenvalue weighted by atomic mass is 32.1. The van der Waals surface area contributed by atoms with E-state index in [0.29, 0.717) is 11.4 Å². The Balaban J connectivity index is 1.89. The molecule has 0 fully saturated rings. The van der Waals surface area contributed by atoms with Gasteiger partial charge in [0.2, 0.25) is 11.7 Å². The molecule has 1 aromatic carbocycles. The van der Waals surface area contributed by atoms with Gasteiger partial charge in [-0.2, -0.15) is 0 Å². The molecule has 0 saturated carbocycles. The SMILES string of the molecule is CC(C)(C)C(=O)NCc1ccc(C(=O)COC(=O)c2ccccc2F)s1. The van der Waals surface area contributed by atoms with Crippen LogP contribution in [-0.4, -0.2) is 24.3 Å². The van der Waals surface area contributed by atoms with Gasteiger partial charge in [0.25, 0.3) is 0 Å². The van der Waals surface area contributed by atoms with E-state index in [1.807, 2.05) is 20.8 Å². The largest absolute Gasteiger partial charge is 0.454 e. The van der Waals surface area contributed by atoms with Crippen LogP contribution in [0.3, 0.4) is 0 Å². The predicted octanol–water partition coefficient (Wildman–Crippen LogP) is 3.59. The second-order valence-corrected chi connectivity index (χ2v) is 7.85. The van der Waals surface area contributed by atoms with Crippen LogP contribution in [0, 0.1) is 11.2 Å². The summed E-state index contributed by atoms with van der Waals surface area (Å²) in [6.45, 7) is 5.30. The molecule has 26 heavy (non-hydrogen) atoms. The number of benzene rings is 1. The molecule has 7 heteroatoms. The molecule has 1 amide bonds. The Labute approximate surface area is 155 Å². The van der Waals surface area contributed by atoms with E-state index in [4.69, 9.17) is 4.74 Å². The molecule has 0 bridgehead atoms. The third-order valence-corrected chi connectivity index (χ3v) is 4.60. The Morgan fingerprint density at radius 2 is 1.81 bits per heavy atom. The molecule has 0 atom stereocenters. The first-order chi connectivity index (χ1) is 12.2. The first-order valence-corrected chi connectivity index (χ1v) is 8.82. The molecule has 0 spiro atoms. The summed E-state index contributed by atoms with van der Waals surface area (Å²) < 4.78 is 18.4. The normalized spacial score (nSPS) is 11.1. The summed E-state index contributed by atoms with van der Waals surface area (Å²) in [5, 5.41) is 2.80. The number of amides is 1. The first-order valence-electron chi connectivity index (χ1n) is 8.00. The van der Waals surface area contributed by atoms with Crippen molar-refractivity contribution in [3.8, 4) is 0 Å². The van der Waals surface area contributed by atoms with Crippen LogP contribution in [0.2, 0.25) is 0 Å². The molecule has 1 N–H and O–H groups in total. The van der Waals surface area contributed by atoms with E-state index in [1.54, 1.807) is 12.1 Å². The molecule has 0 saturated heterocycles. The molecule has 1 heterocycles. The minimum atomic E-state index is -0.884. The van der Waals surface area contributed by atoms with E-state index in [1.165, 1.54) is 29.5 Å². The van der Waals surface area contributed by atoms with Crippen molar-refractivity contribution >= 4 is 29.0 Å². The van der Waals surface area contributed by atoms with Crippen LogP contribution in [0.25, 0.3) is 0 Å². The summed E-state index contributed by atoms with van der Waals surface area (Å²) in [7, 11) is 0. The third-order valence-electron chi connectivity index (χ3n) is 3.47. The number of halogens is 1. The zero-order chi connectivity index (χ0) is 19.3. The van der Waals surface area contributed by atoms with Crippen LogP contribution in [-0.2, 0) is 16.1 Å². The van der Waals surface area contributed by atoms with Gasteiger partial charge in [-0.25, -0.2) is 9.18 Å². The maximum Gasteiger partial charge on any atom is 0.341 e. The van der Waals surface area contributed by atoms with Gasteiger partial charge in [-0.1, -0.05) is 32.9 Å². The van der Waals surface area contributed by atoms with Crippen LogP contribution in [0.1, 0.15) is 45.7 Å². The van der Waals surface area contributed by atoms with Crippen molar-refractivity contribution < 1.29 is 23.5 Å². The predicted molar refractivity (Wildman–Crippen MR) is 96.6 cm³/mol. The molecule has 0 aliphatic carbocycles. The number of hydrogen-bond acceptors (Lipinski definition) is 5. The molecule has 0 aliphatic heterocycles. The van der Waals surface area contributed by atoms with Crippen molar-refractivity contribution in [3.05, 3.63) is 57.5 Å². The van der Waals surface area contributed by atoms with E-state index in [-0.39, 0.29) is 17.3 Å². The lowest BCUT2D eigenvalue weighted by Gasteiger charge is -2.17. The number of ether oxygens (including phenoxy) is 1.